The average Bonchev–Trinajstić information content (AvgIpc) is 2.61. The molecule has 0 atom stereocenters. The zero-order valence-corrected chi connectivity index (χ0v) is 8.16. The number of hydrogen-bond acceptors (Lipinski definition) is 4. The van der Waals surface area contributed by atoms with Gasteiger partial charge in [0.15, 0.2) is 0 Å². The summed E-state index contributed by atoms with van der Waals surface area (Å²) in [6.07, 6.45) is 0. The van der Waals surface area contributed by atoms with Gasteiger partial charge in [0.2, 0.25) is 5.88 Å². The fourth-order valence-electron chi connectivity index (χ4n) is 1.20. The van der Waals surface area contributed by atoms with Crippen molar-refractivity contribution < 1.29 is 10.2 Å². The lowest BCUT2D eigenvalue weighted by atomic mass is 10.2. The number of nitrogens with zero attached hydrogens (tertiary/aromatic N) is 1. The van der Waals surface area contributed by atoms with Crippen LogP contribution in [0.3, 0.4) is 0 Å². The van der Waals surface area contributed by atoms with Crippen molar-refractivity contribution >= 4 is 11.3 Å². The monoisotopic (exact) mass is 207 g/mol. The molecule has 0 aliphatic heterocycles. The molecule has 3 nitrogen and oxygen atoms in total. The number of hydrogen-bond donors (Lipinski definition) is 2. The molecule has 2 N–H and O–H groups in total. The molecule has 0 fully saturated rings. The highest BCUT2D eigenvalue weighted by Gasteiger charge is 2.10. The fraction of sp³-hybridized carbons (Fsp3) is 0.100. The Bertz CT molecular complexity index is 425. The van der Waals surface area contributed by atoms with Crippen LogP contribution >= 0.6 is 11.3 Å². The molecule has 4 heteroatoms. The summed E-state index contributed by atoms with van der Waals surface area (Å²) in [6, 6.07) is 9.50. The number of rotatable bonds is 2. The van der Waals surface area contributed by atoms with Gasteiger partial charge in [-0.15, -0.1) is 11.3 Å². The quantitative estimate of drug-likeness (QED) is 0.792. The molecule has 0 aliphatic rings. The molecule has 0 aliphatic carbocycles. The molecule has 1 heterocycles. The number of thiazole rings is 1. The van der Waals surface area contributed by atoms with Gasteiger partial charge in [0.1, 0.15) is 5.01 Å². The third-order valence-corrected chi connectivity index (χ3v) is 2.90. The highest BCUT2D eigenvalue weighted by Crippen LogP contribution is 2.34. The maximum atomic E-state index is 9.50. The van der Waals surface area contributed by atoms with Gasteiger partial charge < -0.3 is 10.2 Å². The number of benzene rings is 1. The highest BCUT2D eigenvalue weighted by molar-refractivity contribution is 7.15. The summed E-state index contributed by atoms with van der Waals surface area (Å²) in [7, 11) is 0. The van der Waals surface area contributed by atoms with Crippen molar-refractivity contribution in [3.05, 3.63) is 35.3 Å². The lowest BCUT2D eigenvalue weighted by Crippen LogP contribution is -1.76. The molecule has 2 rings (SSSR count). The Labute approximate surface area is 85.3 Å². The van der Waals surface area contributed by atoms with Crippen LogP contribution in [0.15, 0.2) is 30.3 Å². The molecule has 0 spiro atoms. The Hall–Kier alpha value is -1.39. The maximum absolute atomic E-state index is 9.50. The van der Waals surface area contributed by atoms with Gasteiger partial charge in [-0.3, -0.25) is 0 Å². The number of aromatic hydroxyl groups is 1. The van der Waals surface area contributed by atoms with E-state index in [1.54, 1.807) is 0 Å². The summed E-state index contributed by atoms with van der Waals surface area (Å²) < 4.78 is 0. The largest absolute Gasteiger partial charge is 0.492 e. The summed E-state index contributed by atoms with van der Waals surface area (Å²) in [5.74, 6) is -0.00903. The van der Waals surface area contributed by atoms with E-state index in [9.17, 15) is 5.11 Å². The van der Waals surface area contributed by atoms with E-state index in [4.69, 9.17) is 5.11 Å². The molecule has 14 heavy (non-hydrogen) atoms. The molecule has 1 aromatic carbocycles. The SMILES string of the molecule is OCc1nc(O)c(-c2ccccc2)s1. The second kappa shape index (κ2) is 3.77. The van der Waals surface area contributed by atoms with Crippen LogP contribution in [0.25, 0.3) is 10.4 Å². The molecular formula is C10H9NO2S. The minimum Gasteiger partial charge on any atom is -0.492 e. The fourth-order valence-corrected chi connectivity index (χ4v) is 2.02. The molecule has 0 bridgehead atoms. The van der Waals surface area contributed by atoms with E-state index in [0.717, 1.165) is 5.56 Å². The minimum absolute atomic E-state index is 0.00903. The standard InChI is InChI=1S/C10H9NO2S/c12-6-8-11-10(13)9(14-8)7-4-2-1-3-5-7/h1-5,12-13H,6H2. The lowest BCUT2D eigenvalue weighted by Gasteiger charge is -1.95. The number of aliphatic hydroxyl groups is 1. The first kappa shape index (κ1) is 9.18. The molecule has 72 valence electrons. The van der Waals surface area contributed by atoms with Crippen molar-refractivity contribution in [3.63, 3.8) is 0 Å². The van der Waals surface area contributed by atoms with Crippen LogP contribution in [-0.4, -0.2) is 15.2 Å². The number of aromatic nitrogens is 1. The van der Waals surface area contributed by atoms with Gasteiger partial charge in [-0.1, -0.05) is 30.3 Å². The van der Waals surface area contributed by atoms with Crippen LogP contribution in [0.5, 0.6) is 5.88 Å². The summed E-state index contributed by atoms with van der Waals surface area (Å²) in [5, 5.41) is 18.9. The van der Waals surface area contributed by atoms with E-state index >= 15 is 0 Å². The van der Waals surface area contributed by atoms with Gasteiger partial charge in [-0.25, -0.2) is 4.98 Å². The first-order valence-electron chi connectivity index (χ1n) is 4.16. The second-order valence-electron chi connectivity index (χ2n) is 2.78. The Morgan fingerprint density at radius 1 is 1.21 bits per heavy atom. The minimum atomic E-state index is -0.134. The van der Waals surface area contributed by atoms with Crippen molar-refractivity contribution in [2.45, 2.75) is 6.61 Å². The van der Waals surface area contributed by atoms with E-state index in [2.05, 4.69) is 4.98 Å². The summed E-state index contributed by atoms with van der Waals surface area (Å²) in [4.78, 5) is 4.53. The van der Waals surface area contributed by atoms with E-state index < -0.39 is 0 Å². The molecule has 0 saturated heterocycles. The second-order valence-corrected chi connectivity index (χ2v) is 3.87. The summed E-state index contributed by atoms with van der Waals surface area (Å²) in [6.45, 7) is -0.134. The van der Waals surface area contributed by atoms with Crippen LogP contribution in [-0.2, 0) is 6.61 Å². The van der Waals surface area contributed by atoms with Crippen molar-refractivity contribution in [2.24, 2.45) is 0 Å². The molecule has 0 amide bonds. The Morgan fingerprint density at radius 2 is 1.93 bits per heavy atom. The van der Waals surface area contributed by atoms with Gasteiger partial charge in [0.05, 0.1) is 11.5 Å². The molecule has 0 unspecified atom stereocenters. The van der Waals surface area contributed by atoms with Crippen LogP contribution in [0.4, 0.5) is 0 Å². The van der Waals surface area contributed by atoms with Gasteiger partial charge in [-0.2, -0.15) is 0 Å². The highest BCUT2D eigenvalue weighted by atomic mass is 32.1. The van der Waals surface area contributed by atoms with Crippen molar-refractivity contribution in [1.82, 2.24) is 4.98 Å². The molecule has 0 radical (unpaired) electrons. The third-order valence-electron chi connectivity index (χ3n) is 1.82. The third kappa shape index (κ3) is 1.62. The normalized spacial score (nSPS) is 10.4. The molecule has 2 aromatic rings. The predicted molar refractivity (Wildman–Crippen MR) is 55.1 cm³/mol. The Balaban J connectivity index is 2.46. The van der Waals surface area contributed by atoms with Crippen molar-refractivity contribution in [1.29, 1.82) is 0 Å². The van der Waals surface area contributed by atoms with E-state index in [1.807, 2.05) is 30.3 Å². The zero-order chi connectivity index (χ0) is 9.97. The van der Waals surface area contributed by atoms with Crippen molar-refractivity contribution in [2.75, 3.05) is 0 Å². The number of aliphatic hydroxyl groups excluding tert-OH is 1. The predicted octanol–water partition coefficient (Wildman–Crippen LogP) is 2.01. The van der Waals surface area contributed by atoms with Crippen LogP contribution < -0.4 is 0 Å². The first-order valence-corrected chi connectivity index (χ1v) is 4.98. The van der Waals surface area contributed by atoms with Crippen LogP contribution in [0.2, 0.25) is 0 Å². The van der Waals surface area contributed by atoms with E-state index in [-0.39, 0.29) is 12.5 Å². The first-order chi connectivity index (χ1) is 6.81. The van der Waals surface area contributed by atoms with Gasteiger partial charge in [-0.05, 0) is 5.56 Å². The van der Waals surface area contributed by atoms with Crippen LogP contribution in [0.1, 0.15) is 5.01 Å². The summed E-state index contributed by atoms with van der Waals surface area (Å²) in [5.41, 5.74) is 0.919. The average molecular weight is 207 g/mol. The van der Waals surface area contributed by atoms with Gasteiger partial charge in [0, 0.05) is 0 Å². The maximum Gasteiger partial charge on any atom is 0.230 e. The lowest BCUT2D eigenvalue weighted by molar-refractivity contribution is 0.280. The van der Waals surface area contributed by atoms with E-state index in [1.165, 1.54) is 11.3 Å². The van der Waals surface area contributed by atoms with Crippen molar-refractivity contribution in [3.8, 4) is 16.3 Å². The Kier molecular flexibility index (Phi) is 2.47. The molecule has 0 saturated carbocycles. The summed E-state index contributed by atoms with van der Waals surface area (Å²) >= 11 is 1.30. The topological polar surface area (TPSA) is 53.4 Å². The molecular weight excluding hydrogens is 198 g/mol. The van der Waals surface area contributed by atoms with Gasteiger partial charge in [0.25, 0.3) is 0 Å². The zero-order valence-electron chi connectivity index (χ0n) is 7.34. The van der Waals surface area contributed by atoms with E-state index in [0.29, 0.717) is 9.88 Å². The Morgan fingerprint density at radius 3 is 2.50 bits per heavy atom. The smallest absolute Gasteiger partial charge is 0.230 e. The van der Waals surface area contributed by atoms with Gasteiger partial charge >= 0.3 is 0 Å². The van der Waals surface area contributed by atoms with Crippen LogP contribution in [0, 0.1) is 0 Å². The molecule has 1 aromatic heterocycles.